The second-order valence-electron chi connectivity index (χ2n) is 5.18. The molecule has 0 saturated carbocycles. The highest BCUT2D eigenvalue weighted by atomic mass is 19.3. The van der Waals surface area contributed by atoms with Gasteiger partial charge in [0.1, 0.15) is 11.4 Å². The number of methoxy groups -OCH3 is 1. The standard InChI is InChI=1S/C17H18F2N2O4/c1-4-12-13(16(23)24-3)9(2)14(21-12)15(22)20-10-5-7-11(8-6-10)25-17(18)19/h5-8,17,21H,4H2,1-3H3,(H,20,22). The fourth-order valence-corrected chi connectivity index (χ4v) is 2.44. The van der Waals surface area contributed by atoms with Gasteiger partial charge in [0.15, 0.2) is 0 Å². The molecule has 0 bridgehead atoms. The molecule has 0 aliphatic rings. The third-order valence-electron chi connectivity index (χ3n) is 3.64. The molecule has 134 valence electrons. The van der Waals surface area contributed by atoms with Gasteiger partial charge in [-0.2, -0.15) is 8.78 Å². The van der Waals surface area contributed by atoms with Gasteiger partial charge in [-0.15, -0.1) is 0 Å². The average Bonchev–Trinajstić information content (AvgIpc) is 2.92. The third-order valence-corrected chi connectivity index (χ3v) is 3.64. The molecule has 2 N–H and O–H groups in total. The summed E-state index contributed by atoms with van der Waals surface area (Å²) in [5.74, 6) is -0.978. The minimum atomic E-state index is -2.91. The Bertz CT molecular complexity index is 770. The van der Waals surface area contributed by atoms with Crippen molar-refractivity contribution >= 4 is 17.6 Å². The van der Waals surface area contributed by atoms with Crippen molar-refractivity contribution in [2.45, 2.75) is 26.9 Å². The number of aromatic nitrogens is 1. The van der Waals surface area contributed by atoms with E-state index in [9.17, 15) is 18.4 Å². The lowest BCUT2D eigenvalue weighted by molar-refractivity contribution is -0.0498. The highest BCUT2D eigenvalue weighted by molar-refractivity contribution is 6.06. The Kier molecular flexibility index (Phi) is 5.74. The van der Waals surface area contributed by atoms with Gasteiger partial charge < -0.3 is 19.8 Å². The average molecular weight is 352 g/mol. The SMILES string of the molecule is CCc1[nH]c(C(=O)Nc2ccc(OC(F)F)cc2)c(C)c1C(=O)OC. The van der Waals surface area contributed by atoms with Gasteiger partial charge >= 0.3 is 12.6 Å². The second kappa shape index (κ2) is 7.78. The van der Waals surface area contributed by atoms with E-state index >= 15 is 0 Å². The van der Waals surface area contributed by atoms with Crippen LogP contribution < -0.4 is 10.1 Å². The molecule has 0 aliphatic heterocycles. The first-order valence-electron chi connectivity index (χ1n) is 7.53. The number of nitrogens with one attached hydrogen (secondary N) is 2. The van der Waals surface area contributed by atoms with E-state index in [1.165, 1.54) is 31.4 Å². The molecule has 0 aliphatic carbocycles. The van der Waals surface area contributed by atoms with Crippen molar-refractivity contribution in [2.75, 3.05) is 12.4 Å². The molecule has 1 heterocycles. The van der Waals surface area contributed by atoms with Crippen LogP contribution in [0.5, 0.6) is 5.75 Å². The first-order chi connectivity index (χ1) is 11.9. The van der Waals surface area contributed by atoms with Crippen LogP contribution in [0.15, 0.2) is 24.3 Å². The zero-order chi connectivity index (χ0) is 18.6. The summed E-state index contributed by atoms with van der Waals surface area (Å²) in [7, 11) is 1.27. The number of ether oxygens (including phenoxy) is 2. The van der Waals surface area contributed by atoms with Crippen LogP contribution in [-0.4, -0.2) is 30.6 Å². The van der Waals surface area contributed by atoms with Gasteiger partial charge in [0, 0.05) is 11.4 Å². The Morgan fingerprint density at radius 2 is 1.88 bits per heavy atom. The number of anilines is 1. The molecular formula is C17H18F2N2O4. The quantitative estimate of drug-likeness (QED) is 0.780. The first kappa shape index (κ1) is 18.4. The van der Waals surface area contributed by atoms with E-state index in [1.807, 2.05) is 6.92 Å². The molecule has 0 radical (unpaired) electrons. The summed E-state index contributed by atoms with van der Waals surface area (Å²) in [5, 5.41) is 2.64. The maximum Gasteiger partial charge on any atom is 0.387 e. The number of rotatable bonds is 6. The molecule has 0 spiro atoms. The number of carbonyl (C=O) groups excluding carboxylic acids is 2. The Labute approximate surface area is 143 Å². The van der Waals surface area contributed by atoms with Gasteiger partial charge in [-0.3, -0.25) is 4.79 Å². The fourth-order valence-electron chi connectivity index (χ4n) is 2.44. The zero-order valence-electron chi connectivity index (χ0n) is 14.0. The van der Waals surface area contributed by atoms with E-state index in [2.05, 4.69) is 15.0 Å². The van der Waals surface area contributed by atoms with Crippen molar-refractivity contribution in [3.8, 4) is 5.75 Å². The number of aryl methyl sites for hydroxylation is 1. The monoisotopic (exact) mass is 352 g/mol. The van der Waals surface area contributed by atoms with Crippen LogP contribution >= 0.6 is 0 Å². The molecule has 25 heavy (non-hydrogen) atoms. The van der Waals surface area contributed by atoms with Crippen molar-refractivity contribution in [2.24, 2.45) is 0 Å². The largest absolute Gasteiger partial charge is 0.465 e. The number of amides is 1. The van der Waals surface area contributed by atoms with Gasteiger partial charge in [-0.25, -0.2) is 4.79 Å². The van der Waals surface area contributed by atoms with Crippen molar-refractivity contribution < 1.29 is 27.8 Å². The molecule has 1 aromatic carbocycles. The lowest BCUT2D eigenvalue weighted by atomic mass is 10.1. The zero-order valence-corrected chi connectivity index (χ0v) is 14.0. The van der Waals surface area contributed by atoms with Crippen LogP contribution in [0, 0.1) is 6.92 Å². The van der Waals surface area contributed by atoms with Crippen LogP contribution in [0.1, 0.15) is 39.0 Å². The van der Waals surface area contributed by atoms with Gasteiger partial charge in [-0.05, 0) is 43.2 Å². The summed E-state index contributed by atoms with van der Waals surface area (Å²) in [4.78, 5) is 27.3. The maximum atomic E-state index is 12.4. The predicted molar refractivity (Wildman–Crippen MR) is 87.3 cm³/mol. The van der Waals surface area contributed by atoms with E-state index in [1.54, 1.807) is 6.92 Å². The molecular weight excluding hydrogens is 334 g/mol. The maximum absolute atomic E-state index is 12.4. The second-order valence-corrected chi connectivity index (χ2v) is 5.18. The van der Waals surface area contributed by atoms with E-state index in [-0.39, 0.29) is 11.4 Å². The van der Waals surface area contributed by atoms with Crippen LogP contribution in [0.3, 0.4) is 0 Å². The summed E-state index contributed by atoms with van der Waals surface area (Å²) in [5.41, 5.74) is 2.08. The molecule has 0 saturated heterocycles. The number of benzene rings is 1. The van der Waals surface area contributed by atoms with Crippen LogP contribution in [0.4, 0.5) is 14.5 Å². The lowest BCUT2D eigenvalue weighted by Gasteiger charge is -2.07. The molecule has 8 heteroatoms. The molecule has 2 rings (SSSR count). The Morgan fingerprint density at radius 3 is 2.40 bits per heavy atom. The van der Waals surface area contributed by atoms with Crippen LogP contribution in [0.25, 0.3) is 0 Å². The molecule has 0 unspecified atom stereocenters. The number of esters is 1. The molecule has 0 atom stereocenters. The first-order valence-corrected chi connectivity index (χ1v) is 7.53. The Morgan fingerprint density at radius 1 is 1.24 bits per heavy atom. The number of aromatic amines is 1. The Balaban J connectivity index is 2.21. The topological polar surface area (TPSA) is 80.4 Å². The number of halogens is 2. The summed E-state index contributed by atoms with van der Waals surface area (Å²) in [6.07, 6.45) is 0.526. The summed E-state index contributed by atoms with van der Waals surface area (Å²) < 4.78 is 33.3. The number of H-pyrrole nitrogens is 1. The molecule has 2 aromatic rings. The summed E-state index contributed by atoms with van der Waals surface area (Å²) in [6.45, 7) is 0.587. The number of hydrogen-bond acceptors (Lipinski definition) is 4. The number of hydrogen-bond donors (Lipinski definition) is 2. The van der Waals surface area contributed by atoms with Crippen molar-refractivity contribution in [1.82, 2.24) is 4.98 Å². The molecule has 0 fully saturated rings. The fraction of sp³-hybridized carbons (Fsp3) is 0.294. The highest BCUT2D eigenvalue weighted by Gasteiger charge is 2.23. The van der Waals surface area contributed by atoms with E-state index < -0.39 is 18.5 Å². The predicted octanol–water partition coefficient (Wildman–Crippen LogP) is 3.53. The minimum Gasteiger partial charge on any atom is -0.465 e. The van der Waals surface area contributed by atoms with E-state index in [0.29, 0.717) is 28.9 Å². The molecule has 1 amide bonds. The van der Waals surface area contributed by atoms with E-state index in [4.69, 9.17) is 4.74 Å². The van der Waals surface area contributed by atoms with Gasteiger partial charge in [0.25, 0.3) is 5.91 Å². The highest BCUT2D eigenvalue weighted by Crippen LogP contribution is 2.22. The third kappa shape index (κ3) is 4.14. The number of carbonyl (C=O) groups is 2. The smallest absolute Gasteiger partial charge is 0.387 e. The minimum absolute atomic E-state index is 0.00898. The van der Waals surface area contributed by atoms with E-state index in [0.717, 1.165) is 0 Å². The van der Waals surface area contributed by atoms with Crippen molar-refractivity contribution in [3.63, 3.8) is 0 Å². The van der Waals surface area contributed by atoms with Gasteiger partial charge in [0.2, 0.25) is 0 Å². The van der Waals surface area contributed by atoms with Crippen LogP contribution in [0.2, 0.25) is 0 Å². The van der Waals surface area contributed by atoms with Gasteiger partial charge in [-0.1, -0.05) is 6.92 Å². The normalized spacial score (nSPS) is 10.6. The number of alkyl halides is 2. The van der Waals surface area contributed by atoms with Gasteiger partial charge in [0.05, 0.1) is 12.7 Å². The molecule has 6 nitrogen and oxygen atoms in total. The van der Waals surface area contributed by atoms with Crippen molar-refractivity contribution in [1.29, 1.82) is 0 Å². The molecule has 1 aromatic heterocycles. The Hall–Kier alpha value is -2.90. The summed E-state index contributed by atoms with van der Waals surface area (Å²) in [6, 6.07) is 5.52. The summed E-state index contributed by atoms with van der Waals surface area (Å²) >= 11 is 0. The lowest BCUT2D eigenvalue weighted by Crippen LogP contribution is -2.14. The van der Waals surface area contributed by atoms with Crippen LogP contribution in [-0.2, 0) is 11.2 Å². The van der Waals surface area contributed by atoms with Crippen molar-refractivity contribution in [3.05, 3.63) is 46.8 Å².